The molecule has 0 rings (SSSR count). The summed E-state index contributed by atoms with van der Waals surface area (Å²) >= 11 is 4.23. The van der Waals surface area contributed by atoms with E-state index in [1.807, 2.05) is 0 Å². The Morgan fingerprint density at radius 1 is 0.875 bits per heavy atom. The number of thiol groups is 1. The van der Waals surface area contributed by atoms with Crippen LogP contribution in [0.5, 0.6) is 0 Å². The molecule has 0 amide bonds. The molecular weight excluding hydrogens is 316 g/mol. The van der Waals surface area contributed by atoms with Crippen LogP contribution in [0.25, 0.3) is 0 Å². The van der Waals surface area contributed by atoms with E-state index in [9.17, 15) is 4.79 Å². The van der Waals surface area contributed by atoms with Crippen molar-refractivity contribution in [3.8, 4) is 0 Å². The molecule has 0 aromatic carbocycles. The molecule has 142 valence electrons. The second-order valence-corrected chi connectivity index (χ2v) is 7.20. The SMILES string of the molecule is CCCCCCCCC=CCCCCCCC(CCS)C(=O)OC. The number of rotatable bonds is 17. The normalized spacial score (nSPS) is 12.6. The van der Waals surface area contributed by atoms with Crippen LogP contribution in [0, 0.1) is 5.92 Å². The van der Waals surface area contributed by atoms with Crippen LogP contribution < -0.4 is 0 Å². The van der Waals surface area contributed by atoms with E-state index in [4.69, 9.17) is 4.74 Å². The first-order chi connectivity index (χ1) is 11.8. The lowest BCUT2D eigenvalue weighted by molar-refractivity contribution is -0.145. The van der Waals surface area contributed by atoms with Crippen LogP contribution in [0.2, 0.25) is 0 Å². The van der Waals surface area contributed by atoms with Crippen molar-refractivity contribution in [2.24, 2.45) is 5.92 Å². The molecule has 0 radical (unpaired) electrons. The lowest BCUT2D eigenvalue weighted by Crippen LogP contribution is -2.16. The second kappa shape index (κ2) is 18.9. The number of ether oxygens (including phenoxy) is 1. The van der Waals surface area contributed by atoms with Crippen molar-refractivity contribution in [1.29, 1.82) is 0 Å². The minimum absolute atomic E-state index is 0.0460. The molecule has 1 atom stereocenters. The van der Waals surface area contributed by atoms with Gasteiger partial charge in [0.15, 0.2) is 0 Å². The smallest absolute Gasteiger partial charge is 0.308 e. The molecule has 0 aliphatic rings. The largest absolute Gasteiger partial charge is 0.469 e. The van der Waals surface area contributed by atoms with E-state index in [1.165, 1.54) is 77.7 Å². The Balaban J connectivity index is 3.40. The van der Waals surface area contributed by atoms with Gasteiger partial charge in [-0.25, -0.2) is 0 Å². The summed E-state index contributed by atoms with van der Waals surface area (Å²) in [5, 5.41) is 0. The van der Waals surface area contributed by atoms with Gasteiger partial charge < -0.3 is 4.74 Å². The Morgan fingerprint density at radius 3 is 1.96 bits per heavy atom. The predicted octanol–water partition coefficient (Wildman–Crippen LogP) is 6.74. The molecule has 0 aliphatic heterocycles. The molecule has 0 aromatic rings. The molecule has 0 aromatic heterocycles. The third-order valence-electron chi connectivity index (χ3n) is 4.58. The fourth-order valence-corrected chi connectivity index (χ4v) is 3.30. The van der Waals surface area contributed by atoms with Crippen molar-refractivity contribution in [1.82, 2.24) is 0 Å². The van der Waals surface area contributed by atoms with Crippen LogP contribution in [0.3, 0.4) is 0 Å². The van der Waals surface area contributed by atoms with E-state index in [0.29, 0.717) is 0 Å². The third kappa shape index (κ3) is 15.1. The standard InChI is InChI=1S/C21H40O2S/c1-3-4-5-6-7-8-9-10-11-12-13-14-15-16-17-20(18-19-24)21(22)23-2/h10-11,20,24H,3-9,12-19H2,1-2H3. The second-order valence-electron chi connectivity index (χ2n) is 6.75. The van der Waals surface area contributed by atoms with Gasteiger partial charge in [-0.05, 0) is 44.3 Å². The first kappa shape index (κ1) is 23.6. The number of unbranched alkanes of at least 4 members (excludes halogenated alkanes) is 10. The summed E-state index contributed by atoms with van der Waals surface area (Å²) < 4.78 is 4.85. The van der Waals surface area contributed by atoms with Crippen molar-refractivity contribution in [2.45, 2.75) is 96.8 Å². The van der Waals surface area contributed by atoms with Gasteiger partial charge in [0.1, 0.15) is 0 Å². The number of carbonyl (C=O) groups excluding carboxylic acids is 1. The molecule has 0 saturated heterocycles. The fraction of sp³-hybridized carbons (Fsp3) is 0.857. The first-order valence-electron chi connectivity index (χ1n) is 10.1. The molecule has 3 heteroatoms. The first-order valence-corrected chi connectivity index (χ1v) is 10.7. The summed E-state index contributed by atoms with van der Waals surface area (Å²) in [6, 6.07) is 0. The van der Waals surface area contributed by atoms with Crippen LogP contribution in [-0.2, 0) is 9.53 Å². The predicted molar refractivity (Wildman–Crippen MR) is 109 cm³/mol. The molecule has 1 unspecified atom stereocenters. The molecule has 0 aliphatic carbocycles. The maximum Gasteiger partial charge on any atom is 0.308 e. The summed E-state index contributed by atoms with van der Waals surface area (Å²) in [6.07, 6.45) is 22.1. The monoisotopic (exact) mass is 356 g/mol. The van der Waals surface area contributed by atoms with Crippen LogP contribution in [0.4, 0.5) is 0 Å². The number of allylic oxidation sites excluding steroid dienone is 2. The molecular formula is C21H40O2S. The van der Waals surface area contributed by atoms with Crippen LogP contribution >= 0.6 is 12.6 Å². The lowest BCUT2D eigenvalue weighted by atomic mass is 9.98. The molecule has 2 nitrogen and oxygen atoms in total. The maximum atomic E-state index is 11.6. The van der Waals surface area contributed by atoms with Crippen LogP contribution in [0.15, 0.2) is 12.2 Å². The van der Waals surface area contributed by atoms with Gasteiger partial charge >= 0.3 is 5.97 Å². The Labute approximate surface area is 156 Å². The molecule has 0 heterocycles. The quantitative estimate of drug-likeness (QED) is 0.135. The molecule has 0 spiro atoms. The Kier molecular flexibility index (Phi) is 18.5. The van der Waals surface area contributed by atoms with Gasteiger partial charge in [-0.1, -0.05) is 70.4 Å². The maximum absolute atomic E-state index is 11.6. The zero-order valence-corrected chi connectivity index (χ0v) is 17.0. The van der Waals surface area contributed by atoms with Gasteiger partial charge in [0.25, 0.3) is 0 Å². The minimum Gasteiger partial charge on any atom is -0.469 e. The van der Waals surface area contributed by atoms with Gasteiger partial charge in [0.2, 0.25) is 0 Å². The van der Waals surface area contributed by atoms with Gasteiger partial charge in [0.05, 0.1) is 13.0 Å². The highest BCUT2D eigenvalue weighted by Crippen LogP contribution is 2.17. The Bertz CT molecular complexity index is 302. The summed E-state index contributed by atoms with van der Waals surface area (Å²) in [5.74, 6) is 0.731. The lowest BCUT2D eigenvalue weighted by Gasteiger charge is -2.12. The van der Waals surface area contributed by atoms with Gasteiger partial charge in [0, 0.05) is 0 Å². The van der Waals surface area contributed by atoms with Crippen molar-refractivity contribution < 1.29 is 9.53 Å². The van der Waals surface area contributed by atoms with E-state index in [1.54, 1.807) is 0 Å². The molecule has 0 N–H and O–H groups in total. The van der Waals surface area contributed by atoms with E-state index in [2.05, 4.69) is 31.7 Å². The average Bonchev–Trinajstić information content (AvgIpc) is 2.60. The molecule has 0 bridgehead atoms. The van der Waals surface area contributed by atoms with E-state index in [-0.39, 0.29) is 11.9 Å². The highest BCUT2D eigenvalue weighted by molar-refractivity contribution is 7.80. The van der Waals surface area contributed by atoms with Crippen LogP contribution in [0.1, 0.15) is 96.8 Å². The van der Waals surface area contributed by atoms with Crippen molar-refractivity contribution in [3.05, 3.63) is 12.2 Å². The van der Waals surface area contributed by atoms with Gasteiger partial charge in [-0.15, -0.1) is 0 Å². The number of carbonyl (C=O) groups is 1. The van der Waals surface area contributed by atoms with E-state index < -0.39 is 0 Å². The minimum atomic E-state index is -0.0679. The van der Waals surface area contributed by atoms with Crippen molar-refractivity contribution in [3.63, 3.8) is 0 Å². The number of hydrogen-bond donors (Lipinski definition) is 1. The summed E-state index contributed by atoms with van der Waals surface area (Å²) in [6.45, 7) is 2.27. The molecule has 24 heavy (non-hydrogen) atoms. The highest BCUT2D eigenvalue weighted by Gasteiger charge is 2.17. The molecule has 0 saturated carbocycles. The zero-order valence-electron chi connectivity index (χ0n) is 16.1. The number of esters is 1. The van der Waals surface area contributed by atoms with Gasteiger partial charge in [-0.2, -0.15) is 12.6 Å². The van der Waals surface area contributed by atoms with Crippen molar-refractivity contribution in [2.75, 3.05) is 12.9 Å². The Morgan fingerprint density at radius 2 is 1.42 bits per heavy atom. The summed E-state index contributed by atoms with van der Waals surface area (Å²) in [5.41, 5.74) is 0. The van der Waals surface area contributed by atoms with Gasteiger partial charge in [-0.3, -0.25) is 4.79 Å². The summed E-state index contributed by atoms with van der Waals surface area (Å²) in [4.78, 5) is 11.6. The van der Waals surface area contributed by atoms with E-state index in [0.717, 1.165) is 25.0 Å². The molecule has 0 fully saturated rings. The van der Waals surface area contributed by atoms with E-state index >= 15 is 0 Å². The topological polar surface area (TPSA) is 26.3 Å². The fourth-order valence-electron chi connectivity index (χ4n) is 2.99. The van der Waals surface area contributed by atoms with Crippen LogP contribution in [-0.4, -0.2) is 18.8 Å². The average molecular weight is 357 g/mol. The number of methoxy groups -OCH3 is 1. The van der Waals surface area contributed by atoms with Crippen molar-refractivity contribution >= 4 is 18.6 Å². The Hall–Kier alpha value is -0.440. The third-order valence-corrected chi connectivity index (χ3v) is 4.83. The zero-order chi connectivity index (χ0) is 17.9. The number of hydrogen-bond acceptors (Lipinski definition) is 3. The summed E-state index contributed by atoms with van der Waals surface area (Å²) in [7, 11) is 1.48. The highest BCUT2D eigenvalue weighted by atomic mass is 32.1.